The molecule has 1 aromatic carbocycles. The van der Waals surface area contributed by atoms with Crippen LogP contribution in [0.3, 0.4) is 0 Å². The molecule has 0 aromatic heterocycles. The van der Waals surface area contributed by atoms with Crippen molar-refractivity contribution in [2.24, 2.45) is 11.3 Å². The molecule has 2 aliphatic carbocycles. The Balaban J connectivity index is 1.66. The van der Waals surface area contributed by atoms with Crippen LogP contribution in [0.5, 0.6) is 0 Å². The van der Waals surface area contributed by atoms with Crippen molar-refractivity contribution in [1.29, 1.82) is 0 Å². The summed E-state index contributed by atoms with van der Waals surface area (Å²) in [6.45, 7) is 29.3. The molecule has 5 atom stereocenters. The van der Waals surface area contributed by atoms with Gasteiger partial charge in [-0.3, -0.25) is 0 Å². The molecule has 0 unspecified atom stereocenters. The third-order valence-electron chi connectivity index (χ3n) is 10.9. The van der Waals surface area contributed by atoms with E-state index in [0.29, 0.717) is 12.0 Å². The number of ether oxygens (including phenoxy) is 1. The molecule has 2 saturated carbocycles. The predicted molar refractivity (Wildman–Crippen MR) is 168 cm³/mol. The number of fused-ring (bicyclic) bond motifs is 2. The Labute approximate surface area is 240 Å². The number of hydrogen-bond acceptors (Lipinski definition) is 4. The van der Waals surface area contributed by atoms with Gasteiger partial charge >= 0.3 is 0 Å². The quantitative estimate of drug-likeness (QED) is 0.192. The van der Waals surface area contributed by atoms with Crippen molar-refractivity contribution in [2.45, 2.75) is 140 Å². The first kappa shape index (κ1) is 30.6. The summed E-state index contributed by atoms with van der Waals surface area (Å²) in [6, 6.07) is 8.88. The molecule has 214 valence electrons. The van der Waals surface area contributed by atoms with Crippen molar-refractivity contribution < 1.29 is 13.6 Å². The average molecular weight is 575 g/mol. The lowest BCUT2D eigenvalue weighted by Crippen LogP contribution is -2.60. The maximum Gasteiger partial charge on any atom is 0.192 e. The fourth-order valence-corrected chi connectivity index (χ4v) is 9.74. The number of aryl methyl sites for hydroxylation is 1. The zero-order chi connectivity index (χ0) is 28.4. The molecule has 0 N–H and O–H groups in total. The molecular weight excluding hydrogens is 521 g/mol. The van der Waals surface area contributed by atoms with Gasteiger partial charge in [-0.2, -0.15) is 0 Å². The number of benzene rings is 1. The van der Waals surface area contributed by atoms with Gasteiger partial charge in [0, 0.05) is 16.4 Å². The minimum atomic E-state index is -1.96. The van der Waals surface area contributed by atoms with Crippen LogP contribution in [-0.2, 0) is 13.6 Å². The Hall–Kier alpha value is -0.376. The smallest absolute Gasteiger partial charge is 0.192 e. The summed E-state index contributed by atoms with van der Waals surface area (Å²) in [5.74, 6) is 0.448. The van der Waals surface area contributed by atoms with Gasteiger partial charge in [-0.05, 0) is 97.9 Å². The van der Waals surface area contributed by atoms with Crippen LogP contribution in [0.25, 0.3) is 0 Å². The fourth-order valence-electron chi connectivity index (χ4n) is 6.13. The summed E-state index contributed by atoms with van der Waals surface area (Å²) in [4.78, 5) is 1.29. The van der Waals surface area contributed by atoms with Gasteiger partial charge in [0.1, 0.15) is 5.60 Å². The summed E-state index contributed by atoms with van der Waals surface area (Å²) >= 11 is 1.85. The van der Waals surface area contributed by atoms with Crippen LogP contribution in [0.15, 0.2) is 40.1 Å². The van der Waals surface area contributed by atoms with E-state index in [-0.39, 0.29) is 27.2 Å². The summed E-state index contributed by atoms with van der Waals surface area (Å²) in [6.07, 6.45) is 4.86. The van der Waals surface area contributed by atoms with Gasteiger partial charge < -0.3 is 13.6 Å². The minimum absolute atomic E-state index is 0.0746. The van der Waals surface area contributed by atoms with Crippen molar-refractivity contribution in [3.63, 3.8) is 0 Å². The molecule has 1 aromatic rings. The maximum absolute atomic E-state index is 7.33. The standard InChI is InChI=1S/C32H54O3SSi2/c1-23-13-15-26(16-14-23)36-21-24-19-28(35-38(11,12)30(5,6)7)27-20-25(34-37(9,10)29(2,3)4)17-18-31(27,8)32(24)22-33-32/h13-16,21,25,27-28H,17-20,22H2,1-12H3/b24-21+/t25-,27-,28-,31-,32+/m0/s1. The van der Waals surface area contributed by atoms with Gasteiger partial charge in [0.25, 0.3) is 0 Å². The molecule has 6 heteroatoms. The molecule has 0 amide bonds. The van der Waals surface area contributed by atoms with E-state index >= 15 is 0 Å². The van der Waals surface area contributed by atoms with E-state index in [9.17, 15) is 0 Å². The third-order valence-corrected chi connectivity index (χ3v) is 20.9. The summed E-state index contributed by atoms with van der Waals surface area (Å²) in [7, 11) is -3.79. The second-order valence-corrected chi connectivity index (χ2v) is 26.1. The predicted octanol–water partition coefficient (Wildman–Crippen LogP) is 9.73. The van der Waals surface area contributed by atoms with Crippen LogP contribution >= 0.6 is 11.8 Å². The Morgan fingerprint density at radius 3 is 2.03 bits per heavy atom. The highest BCUT2D eigenvalue weighted by Crippen LogP contribution is 2.65. The molecule has 4 rings (SSSR count). The third kappa shape index (κ3) is 5.69. The summed E-state index contributed by atoms with van der Waals surface area (Å²) < 4.78 is 20.9. The van der Waals surface area contributed by atoms with E-state index in [1.54, 1.807) is 0 Å². The first-order chi connectivity index (χ1) is 17.3. The summed E-state index contributed by atoms with van der Waals surface area (Å²) in [5.41, 5.74) is 2.70. The average Bonchev–Trinajstić information content (AvgIpc) is 3.58. The van der Waals surface area contributed by atoms with Crippen molar-refractivity contribution in [3.8, 4) is 0 Å². The molecule has 1 spiro atoms. The zero-order valence-corrected chi connectivity index (χ0v) is 29.1. The lowest BCUT2D eigenvalue weighted by Gasteiger charge is -2.57. The number of epoxide rings is 1. The topological polar surface area (TPSA) is 31.0 Å². The van der Waals surface area contributed by atoms with E-state index in [1.807, 2.05) is 11.8 Å². The molecule has 0 bridgehead atoms. The number of thioether (sulfide) groups is 1. The van der Waals surface area contributed by atoms with Crippen molar-refractivity contribution in [2.75, 3.05) is 6.61 Å². The van der Waals surface area contributed by atoms with Gasteiger partial charge in [-0.15, -0.1) is 0 Å². The van der Waals surface area contributed by atoms with Crippen molar-refractivity contribution in [3.05, 3.63) is 40.8 Å². The van der Waals surface area contributed by atoms with Crippen LogP contribution in [0.4, 0.5) is 0 Å². The first-order valence-corrected chi connectivity index (χ1v) is 21.4. The Bertz CT molecular complexity index is 1030. The number of hydrogen-bond donors (Lipinski definition) is 0. The fraction of sp³-hybridized carbons (Fsp3) is 0.750. The minimum Gasteiger partial charge on any atom is -0.414 e. The van der Waals surface area contributed by atoms with Crippen molar-refractivity contribution in [1.82, 2.24) is 0 Å². The second kappa shape index (κ2) is 10.2. The normalized spacial score (nSPS) is 33.5. The van der Waals surface area contributed by atoms with E-state index in [4.69, 9.17) is 13.6 Å². The SMILES string of the molecule is Cc1ccc(S/C=C2\C[C@H](O[Si](C)(C)C(C)(C)C)[C@@H]3C[C@@H](O[Si](C)(C)C(C)(C)C)CC[C@]3(C)[C@@]23CO3)cc1. The van der Waals surface area contributed by atoms with E-state index < -0.39 is 16.6 Å². The Kier molecular flexibility index (Phi) is 8.18. The number of rotatable bonds is 6. The lowest BCUT2D eigenvalue weighted by molar-refractivity contribution is -0.0899. The maximum atomic E-state index is 7.33. The summed E-state index contributed by atoms with van der Waals surface area (Å²) in [5, 5.41) is 2.82. The molecular formula is C32H54O3SSi2. The van der Waals surface area contributed by atoms with Crippen LogP contribution < -0.4 is 0 Å². The van der Waals surface area contributed by atoms with E-state index in [1.165, 1.54) is 16.0 Å². The monoisotopic (exact) mass is 574 g/mol. The molecule has 3 fully saturated rings. The highest BCUT2D eigenvalue weighted by Gasteiger charge is 2.69. The Morgan fingerprint density at radius 1 is 0.947 bits per heavy atom. The van der Waals surface area contributed by atoms with E-state index in [2.05, 4.69) is 111 Å². The molecule has 38 heavy (non-hydrogen) atoms. The van der Waals surface area contributed by atoms with Gasteiger partial charge in [0.05, 0.1) is 12.7 Å². The van der Waals surface area contributed by atoms with Crippen LogP contribution in [0.1, 0.15) is 79.7 Å². The van der Waals surface area contributed by atoms with Gasteiger partial charge in [-0.1, -0.05) is 77.9 Å². The van der Waals surface area contributed by atoms with Crippen LogP contribution in [0, 0.1) is 18.3 Å². The van der Waals surface area contributed by atoms with Gasteiger partial charge in [-0.25, -0.2) is 0 Å². The Morgan fingerprint density at radius 2 is 1.50 bits per heavy atom. The molecule has 0 radical (unpaired) electrons. The van der Waals surface area contributed by atoms with Crippen LogP contribution in [0.2, 0.25) is 36.3 Å². The van der Waals surface area contributed by atoms with Crippen molar-refractivity contribution >= 4 is 28.4 Å². The molecule has 3 aliphatic rings. The second-order valence-electron chi connectivity index (χ2n) is 15.6. The van der Waals surface area contributed by atoms with Crippen LogP contribution in [-0.4, -0.2) is 41.1 Å². The van der Waals surface area contributed by atoms with Gasteiger partial charge in [0.15, 0.2) is 16.6 Å². The molecule has 1 heterocycles. The highest BCUT2D eigenvalue weighted by atomic mass is 32.2. The highest BCUT2D eigenvalue weighted by molar-refractivity contribution is 8.02. The van der Waals surface area contributed by atoms with Gasteiger partial charge in [0.2, 0.25) is 0 Å². The molecule has 1 saturated heterocycles. The molecule has 3 nitrogen and oxygen atoms in total. The largest absolute Gasteiger partial charge is 0.414 e. The zero-order valence-electron chi connectivity index (χ0n) is 26.3. The first-order valence-electron chi connectivity index (χ1n) is 14.7. The van der Waals surface area contributed by atoms with E-state index in [0.717, 1.165) is 32.3 Å². The lowest BCUT2D eigenvalue weighted by atomic mass is 9.52. The molecule has 1 aliphatic heterocycles.